The minimum atomic E-state index is 0.0422. The number of carbonyl (C=O) groups is 1. The Hall–Kier alpha value is -1.39. The lowest BCUT2D eigenvalue weighted by Gasteiger charge is -2.43. The molecule has 114 valence electrons. The monoisotopic (exact) mass is 287 g/mol. The zero-order valence-electron chi connectivity index (χ0n) is 12.9. The van der Waals surface area contributed by atoms with E-state index in [4.69, 9.17) is 5.73 Å². The molecule has 21 heavy (non-hydrogen) atoms. The molecule has 4 nitrogen and oxygen atoms in total. The highest BCUT2D eigenvalue weighted by Gasteiger charge is 2.44. The van der Waals surface area contributed by atoms with E-state index in [-0.39, 0.29) is 23.9 Å². The number of amides is 1. The molecule has 2 fully saturated rings. The Kier molecular flexibility index (Phi) is 4.00. The maximum absolute atomic E-state index is 12.0. The van der Waals surface area contributed by atoms with Crippen LogP contribution < -0.4 is 11.1 Å². The third kappa shape index (κ3) is 2.58. The smallest absolute Gasteiger partial charge is 0.224 e. The van der Waals surface area contributed by atoms with Gasteiger partial charge in [0.25, 0.3) is 0 Å². The Balaban J connectivity index is 1.94. The van der Waals surface area contributed by atoms with E-state index in [0.717, 1.165) is 25.9 Å². The fraction of sp³-hybridized carbons (Fsp3) is 0.588. The van der Waals surface area contributed by atoms with Gasteiger partial charge in [-0.05, 0) is 44.4 Å². The summed E-state index contributed by atoms with van der Waals surface area (Å²) in [5.41, 5.74) is 8.91. The molecule has 0 bridgehead atoms. The van der Waals surface area contributed by atoms with Crippen molar-refractivity contribution in [2.75, 3.05) is 13.1 Å². The average molecular weight is 287 g/mol. The van der Waals surface area contributed by atoms with Gasteiger partial charge in [-0.3, -0.25) is 9.69 Å². The highest BCUT2D eigenvalue weighted by molar-refractivity contribution is 5.82. The van der Waals surface area contributed by atoms with Gasteiger partial charge in [0.1, 0.15) is 0 Å². The molecule has 0 radical (unpaired) electrons. The zero-order valence-corrected chi connectivity index (χ0v) is 12.9. The number of likely N-dealkylation sites (tertiary alicyclic amines) is 1. The van der Waals surface area contributed by atoms with Crippen LogP contribution in [-0.4, -0.2) is 36.0 Å². The van der Waals surface area contributed by atoms with Gasteiger partial charge in [0, 0.05) is 18.6 Å². The van der Waals surface area contributed by atoms with Crippen LogP contribution in [-0.2, 0) is 4.79 Å². The van der Waals surface area contributed by atoms with Gasteiger partial charge in [0.15, 0.2) is 0 Å². The number of carbonyl (C=O) groups excluding carboxylic acids is 1. The molecule has 1 aromatic carbocycles. The molecular weight excluding hydrogens is 262 g/mol. The fourth-order valence-electron chi connectivity index (χ4n) is 4.01. The van der Waals surface area contributed by atoms with Gasteiger partial charge in [-0.1, -0.05) is 24.3 Å². The lowest BCUT2D eigenvalue weighted by molar-refractivity contribution is -0.124. The minimum absolute atomic E-state index is 0.0422. The van der Waals surface area contributed by atoms with Crippen LogP contribution in [0.4, 0.5) is 0 Å². The molecule has 3 rings (SSSR count). The zero-order chi connectivity index (χ0) is 15.0. The van der Waals surface area contributed by atoms with Crippen LogP contribution in [0.2, 0.25) is 0 Å². The Morgan fingerprint density at radius 1 is 1.38 bits per heavy atom. The fourth-order valence-corrected chi connectivity index (χ4v) is 4.01. The second kappa shape index (κ2) is 5.78. The summed E-state index contributed by atoms with van der Waals surface area (Å²) in [7, 11) is 0. The summed E-state index contributed by atoms with van der Waals surface area (Å²) in [5.74, 6) is 0.363. The number of nitrogens with zero attached hydrogens (tertiary/aromatic N) is 1. The SMILES string of the molecule is Cc1ccccc1C(C(C)N)N1CCCC2C(=O)NCC21. The van der Waals surface area contributed by atoms with Crippen LogP contribution in [0.5, 0.6) is 0 Å². The number of aryl methyl sites for hydroxylation is 1. The Morgan fingerprint density at radius 2 is 2.14 bits per heavy atom. The predicted molar refractivity (Wildman–Crippen MR) is 83.8 cm³/mol. The van der Waals surface area contributed by atoms with Crippen molar-refractivity contribution in [3.63, 3.8) is 0 Å². The van der Waals surface area contributed by atoms with Crippen LogP contribution in [0.1, 0.15) is 36.9 Å². The van der Waals surface area contributed by atoms with Crippen molar-refractivity contribution in [3.05, 3.63) is 35.4 Å². The molecule has 4 unspecified atom stereocenters. The van der Waals surface area contributed by atoms with E-state index in [9.17, 15) is 4.79 Å². The van der Waals surface area contributed by atoms with Crippen molar-refractivity contribution in [2.24, 2.45) is 11.7 Å². The van der Waals surface area contributed by atoms with Gasteiger partial charge in [0.2, 0.25) is 5.91 Å². The first-order valence-corrected chi connectivity index (χ1v) is 7.94. The number of nitrogens with one attached hydrogen (secondary N) is 1. The maximum Gasteiger partial charge on any atom is 0.224 e. The topological polar surface area (TPSA) is 58.4 Å². The van der Waals surface area contributed by atoms with Crippen LogP contribution >= 0.6 is 0 Å². The number of rotatable bonds is 3. The molecule has 0 aliphatic carbocycles. The molecule has 1 amide bonds. The second-order valence-electron chi connectivity index (χ2n) is 6.46. The maximum atomic E-state index is 12.0. The van der Waals surface area contributed by atoms with Gasteiger partial charge in [-0.2, -0.15) is 0 Å². The number of hydrogen-bond donors (Lipinski definition) is 2. The largest absolute Gasteiger partial charge is 0.354 e. The highest BCUT2D eigenvalue weighted by atomic mass is 16.2. The van der Waals surface area contributed by atoms with Crippen LogP contribution in [0.3, 0.4) is 0 Å². The van der Waals surface area contributed by atoms with Crippen LogP contribution in [0.25, 0.3) is 0 Å². The Bertz CT molecular complexity index is 529. The molecule has 3 N–H and O–H groups in total. The second-order valence-corrected chi connectivity index (χ2v) is 6.46. The normalized spacial score (nSPS) is 28.8. The van der Waals surface area contributed by atoms with Gasteiger partial charge >= 0.3 is 0 Å². The summed E-state index contributed by atoms with van der Waals surface area (Å²) in [6, 6.07) is 8.99. The molecule has 1 aromatic rings. The Labute approximate surface area is 126 Å². The summed E-state index contributed by atoms with van der Waals surface area (Å²) in [5, 5.41) is 3.03. The molecule has 0 aromatic heterocycles. The van der Waals surface area contributed by atoms with Crippen molar-refractivity contribution in [1.82, 2.24) is 10.2 Å². The average Bonchev–Trinajstić information content (AvgIpc) is 2.84. The van der Waals surface area contributed by atoms with E-state index in [1.165, 1.54) is 11.1 Å². The molecule has 4 atom stereocenters. The molecule has 4 heteroatoms. The van der Waals surface area contributed by atoms with Gasteiger partial charge < -0.3 is 11.1 Å². The van der Waals surface area contributed by atoms with E-state index < -0.39 is 0 Å². The summed E-state index contributed by atoms with van der Waals surface area (Å²) in [6.07, 6.45) is 2.08. The molecule has 2 saturated heterocycles. The molecule has 0 saturated carbocycles. The van der Waals surface area contributed by atoms with E-state index in [1.54, 1.807) is 0 Å². The lowest BCUT2D eigenvalue weighted by atomic mass is 9.86. The molecule has 2 heterocycles. The van der Waals surface area contributed by atoms with Crippen molar-refractivity contribution in [1.29, 1.82) is 0 Å². The summed E-state index contributed by atoms with van der Waals surface area (Å²) >= 11 is 0. The van der Waals surface area contributed by atoms with Crippen molar-refractivity contribution in [2.45, 2.75) is 44.8 Å². The molecular formula is C17H25N3O. The predicted octanol–water partition coefficient (Wildman–Crippen LogP) is 1.59. The van der Waals surface area contributed by atoms with Crippen LogP contribution in [0.15, 0.2) is 24.3 Å². The quantitative estimate of drug-likeness (QED) is 0.887. The first kappa shape index (κ1) is 14.5. The first-order chi connectivity index (χ1) is 10.1. The summed E-state index contributed by atoms with van der Waals surface area (Å²) < 4.78 is 0. The van der Waals surface area contributed by atoms with Crippen molar-refractivity contribution < 1.29 is 4.79 Å². The molecule has 2 aliphatic heterocycles. The first-order valence-electron chi connectivity index (χ1n) is 7.94. The highest BCUT2D eigenvalue weighted by Crippen LogP contribution is 2.36. The van der Waals surface area contributed by atoms with Crippen molar-refractivity contribution >= 4 is 5.91 Å². The Morgan fingerprint density at radius 3 is 2.86 bits per heavy atom. The van der Waals surface area contributed by atoms with E-state index in [0.29, 0.717) is 6.04 Å². The third-order valence-corrected chi connectivity index (χ3v) is 5.01. The number of nitrogens with two attached hydrogens (primary N) is 1. The van der Waals surface area contributed by atoms with E-state index in [1.807, 2.05) is 0 Å². The summed E-state index contributed by atoms with van der Waals surface area (Å²) in [6.45, 7) is 6.00. The van der Waals surface area contributed by atoms with E-state index >= 15 is 0 Å². The molecule has 0 spiro atoms. The number of hydrogen-bond acceptors (Lipinski definition) is 3. The minimum Gasteiger partial charge on any atom is -0.354 e. The third-order valence-electron chi connectivity index (χ3n) is 5.01. The van der Waals surface area contributed by atoms with Gasteiger partial charge in [0.05, 0.1) is 12.0 Å². The standard InChI is InChI=1S/C17H25N3O/c1-11-6-3-4-7-13(11)16(12(2)18)20-9-5-8-14-15(20)10-19-17(14)21/h3-4,6-7,12,14-16H,5,8-10,18H2,1-2H3,(H,19,21). The number of benzene rings is 1. The number of fused-ring (bicyclic) bond motifs is 1. The van der Waals surface area contributed by atoms with Crippen LogP contribution in [0, 0.1) is 12.8 Å². The lowest BCUT2D eigenvalue weighted by Crippen LogP contribution is -2.51. The van der Waals surface area contributed by atoms with E-state index in [2.05, 4.69) is 48.3 Å². The van der Waals surface area contributed by atoms with Gasteiger partial charge in [-0.15, -0.1) is 0 Å². The summed E-state index contributed by atoms with van der Waals surface area (Å²) in [4.78, 5) is 14.5. The molecule has 2 aliphatic rings. The number of piperidine rings is 1. The van der Waals surface area contributed by atoms with Gasteiger partial charge in [-0.25, -0.2) is 0 Å². The van der Waals surface area contributed by atoms with Crippen molar-refractivity contribution in [3.8, 4) is 0 Å².